The lowest BCUT2D eigenvalue weighted by atomic mass is 10.3. The van der Waals surface area contributed by atoms with E-state index in [0.29, 0.717) is 0 Å². The third-order valence-electron chi connectivity index (χ3n) is 1.43. The van der Waals surface area contributed by atoms with Gasteiger partial charge in [-0.2, -0.15) is 12.6 Å². The Labute approximate surface area is 86.2 Å². The van der Waals surface area contributed by atoms with Gasteiger partial charge >= 0.3 is 0 Å². The molecule has 0 bridgehead atoms. The van der Waals surface area contributed by atoms with Crippen molar-refractivity contribution in [3.05, 3.63) is 10.0 Å². The number of hydrogen-bond donors (Lipinski definition) is 2. The van der Waals surface area contributed by atoms with Crippen LogP contribution in [0.25, 0.3) is 0 Å². The van der Waals surface area contributed by atoms with Crippen LogP contribution in [0.3, 0.4) is 0 Å². The number of hydrogen-bond acceptors (Lipinski definition) is 5. The minimum Gasteiger partial charge on any atom is -0.346 e. The maximum Gasteiger partial charge on any atom is 0.230 e. The highest BCUT2D eigenvalue weighted by molar-refractivity contribution is 7.81. The van der Waals surface area contributed by atoms with Crippen LogP contribution in [0.4, 0.5) is 0 Å². The van der Waals surface area contributed by atoms with E-state index in [1.807, 2.05) is 13.8 Å². The molecule has 0 aliphatic heterocycles. The second-order valence-corrected chi connectivity index (χ2v) is 4.14. The maximum atomic E-state index is 11.0. The van der Waals surface area contributed by atoms with Gasteiger partial charge in [-0.1, -0.05) is 11.3 Å². The number of carbonyl (C=O) groups is 1. The van der Waals surface area contributed by atoms with Crippen molar-refractivity contribution in [1.29, 1.82) is 0 Å². The summed E-state index contributed by atoms with van der Waals surface area (Å²) in [5, 5.41) is 12.3. The van der Waals surface area contributed by atoms with E-state index in [4.69, 9.17) is 0 Å². The van der Waals surface area contributed by atoms with Gasteiger partial charge in [0.2, 0.25) is 5.91 Å². The van der Waals surface area contributed by atoms with Gasteiger partial charge in [0.05, 0.1) is 11.8 Å². The quantitative estimate of drug-likeness (QED) is 0.741. The van der Waals surface area contributed by atoms with E-state index in [2.05, 4.69) is 28.1 Å². The average Bonchev–Trinajstić information content (AvgIpc) is 2.51. The lowest BCUT2D eigenvalue weighted by Crippen LogP contribution is -2.27. The molecule has 0 aliphatic carbocycles. The average molecular weight is 217 g/mol. The summed E-state index contributed by atoms with van der Waals surface area (Å²) in [6.07, 6.45) is 0. The van der Waals surface area contributed by atoms with Crippen molar-refractivity contribution in [3.63, 3.8) is 0 Å². The molecule has 0 aliphatic rings. The summed E-state index contributed by atoms with van der Waals surface area (Å²) in [6, 6.07) is -0.0779. The van der Waals surface area contributed by atoms with Gasteiger partial charge in [0, 0.05) is 0 Å². The van der Waals surface area contributed by atoms with Gasteiger partial charge in [-0.3, -0.25) is 4.79 Å². The standard InChI is InChI=1S/C7H11N3OS2/c1-4(8-6(11)3-12)7-10-9-5(2)13-7/h4,12H,3H2,1-2H3,(H,8,11). The Morgan fingerprint density at radius 1 is 1.69 bits per heavy atom. The lowest BCUT2D eigenvalue weighted by Gasteiger charge is -2.08. The van der Waals surface area contributed by atoms with Gasteiger partial charge in [-0.15, -0.1) is 10.2 Å². The summed E-state index contributed by atoms with van der Waals surface area (Å²) in [6.45, 7) is 3.76. The molecule has 1 heterocycles. The van der Waals surface area contributed by atoms with E-state index in [0.717, 1.165) is 10.0 Å². The van der Waals surface area contributed by atoms with Crippen LogP contribution in [0, 0.1) is 6.92 Å². The first-order valence-corrected chi connectivity index (χ1v) is 5.28. The molecule has 1 rings (SSSR count). The van der Waals surface area contributed by atoms with Crippen LogP contribution < -0.4 is 5.32 Å². The molecule has 13 heavy (non-hydrogen) atoms. The highest BCUT2D eigenvalue weighted by atomic mass is 32.1. The first-order chi connectivity index (χ1) is 6.13. The number of nitrogens with one attached hydrogen (secondary N) is 1. The summed E-state index contributed by atoms with van der Waals surface area (Å²) in [4.78, 5) is 11.0. The molecule has 0 aromatic carbocycles. The van der Waals surface area contributed by atoms with Crippen LogP contribution >= 0.6 is 24.0 Å². The number of amides is 1. The molecule has 72 valence electrons. The molecule has 0 fully saturated rings. The largest absolute Gasteiger partial charge is 0.346 e. The fraction of sp³-hybridized carbons (Fsp3) is 0.571. The Kier molecular flexibility index (Phi) is 3.68. The monoisotopic (exact) mass is 217 g/mol. The number of rotatable bonds is 3. The third-order valence-corrected chi connectivity index (χ3v) is 2.74. The SMILES string of the molecule is Cc1nnc(C(C)NC(=O)CS)s1. The maximum absolute atomic E-state index is 11.0. The second kappa shape index (κ2) is 4.57. The minimum absolute atomic E-state index is 0.0779. The van der Waals surface area contributed by atoms with E-state index in [9.17, 15) is 4.79 Å². The summed E-state index contributed by atoms with van der Waals surface area (Å²) < 4.78 is 0. The topological polar surface area (TPSA) is 54.9 Å². The number of aromatic nitrogens is 2. The highest BCUT2D eigenvalue weighted by Gasteiger charge is 2.12. The predicted octanol–water partition coefficient (Wildman–Crippen LogP) is 0.954. The molecule has 1 unspecified atom stereocenters. The molecule has 0 saturated carbocycles. The third kappa shape index (κ3) is 2.96. The van der Waals surface area contributed by atoms with Crippen LogP contribution in [-0.4, -0.2) is 21.9 Å². The van der Waals surface area contributed by atoms with Crippen molar-refractivity contribution < 1.29 is 4.79 Å². The van der Waals surface area contributed by atoms with Crippen molar-refractivity contribution in [2.75, 3.05) is 5.75 Å². The van der Waals surface area contributed by atoms with Crippen LogP contribution in [0.5, 0.6) is 0 Å². The zero-order chi connectivity index (χ0) is 9.84. The molecule has 4 nitrogen and oxygen atoms in total. The molecular weight excluding hydrogens is 206 g/mol. The van der Waals surface area contributed by atoms with Crippen LogP contribution in [0.2, 0.25) is 0 Å². The van der Waals surface area contributed by atoms with Crippen molar-refractivity contribution in [1.82, 2.24) is 15.5 Å². The smallest absolute Gasteiger partial charge is 0.230 e. The fourth-order valence-corrected chi connectivity index (χ4v) is 1.63. The van der Waals surface area contributed by atoms with Gasteiger partial charge in [0.25, 0.3) is 0 Å². The molecule has 1 aromatic heterocycles. The van der Waals surface area contributed by atoms with Crippen molar-refractivity contribution >= 4 is 29.9 Å². The Bertz CT molecular complexity index is 300. The van der Waals surface area contributed by atoms with Gasteiger partial charge in [0.15, 0.2) is 0 Å². The van der Waals surface area contributed by atoms with Crippen molar-refractivity contribution in [2.24, 2.45) is 0 Å². The normalized spacial score (nSPS) is 12.5. The molecule has 1 aromatic rings. The number of nitrogens with zero attached hydrogens (tertiary/aromatic N) is 2. The van der Waals surface area contributed by atoms with Crippen molar-refractivity contribution in [2.45, 2.75) is 19.9 Å². The van der Waals surface area contributed by atoms with E-state index >= 15 is 0 Å². The molecule has 1 N–H and O–H groups in total. The van der Waals surface area contributed by atoms with Crippen LogP contribution in [0.15, 0.2) is 0 Å². The molecule has 0 radical (unpaired) electrons. The number of carbonyl (C=O) groups excluding carboxylic acids is 1. The number of aryl methyl sites for hydroxylation is 1. The van der Waals surface area contributed by atoms with Gasteiger partial charge in [-0.25, -0.2) is 0 Å². The molecule has 0 saturated heterocycles. The second-order valence-electron chi connectivity index (χ2n) is 2.61. The zero-order valence-corrected chi connectivity index (χ0v) is 9.15. The Hall–Kier alpha value is -0.620. The van der Waals surface area contributed by atoms with Gasteiger partial charge in [-0.05, 0) is 13.8 Å². The molecule has 0 spiro atoms. The van der Waals surface area contributed by atoms with Gasteiger partial charge < -0.3 is 5.32 Å². The first kappa shape index (κ1) is 10.5. The van der Waals surface area contributed by atoms with Crippen molar-refractivity contribution in [3.8, 4) is 0 Å². The number of thiol groups is 1. The van der Waals surface area contributed by atoms with Crippen LogP contribution in [0.1, 0.15) is 23.0 Å². The Morgan fingerprint density at radius 3 is 2.85 bits per heavy atom. The molecule has 1 amide bonds. The molecule has 6 heteroatoms. The van der Waals surface area contributed by atoms with Gasteiger partial charge in [0.1, 0.15) is 10.0 Å². The Morgan fingerprint density at radius 2 is 2.38 bits per heavy atom. The van der Waals surface area contributed by atoms with E-state index in [1.165, 1.54) is 11.3 Å². The molecule has 1 atom stereocenters. The summed E-state index contributed by atoms with van der Waals surface area (Å²) in [5.74, 6) is 0.103. The predicted molar refractivity (Wildman–Crippen MR) is 55.1 cm³/mol. The first-order valence-electron chi connectivity index (χ1n) is 3.83. The fourth-order valence-electron chi connectivity index (χ4n) is 0.836. The summed E-state index contributed by atoms with van der Waals surface area (Å²) >= 11 is 5.35. The summed E-state index contributed by atoms with van der Waals surface area (Å²) in [7, 11) is 0. The van der Waals surface area contributed by atoms with Crippen LogP contribution in [-0.2, 0) is 4.79 Å². The highest BCUT2D eigenvalue weighted by Crippen LogP contribution is 2.16. The molecular formula is C7H11N3OS2. The Balaban J connectivity index is 2.58. The minimum atomic E-state index is -0.0938. The van der Waals surface area contributed by atoms with E-state index in [1.54, 1.807) is 0 Å². The lowest BCUT2D eigenvalue weighted by molar-refractivity contribution is -0.119. The van der Waals surface area contributed by atoms with E-state index in [-0.39, 0.29) is 17.7 Å². The van der Waals surface area contributed by atoms with E-state index < -0.39 is 0 Å². The zero-order valence-electron chi connectivity index (χ0n) is 7.44. The summed E-state index contributed by atoms with van der Waals surface area (Å²) in [5.41, 5.74) is 0.